The molecule has 1 aliphatic heterocycles. The van der Waals surface area contributed by atoms with Crippen molar-refractivity contribution in [2.24, 2.45) is 5.73 Å². The Labute approximate surface area is 103 Å². The molecule has 1 fully saturated rings. The molecule has 96 valence electrons. The first-order chi connectivity index (χ1) is 7.64. The van der Waals surface area contributed by atoms with Gasteiger partial charge < -0.3 is 15.6 Å². The van der Waals surface area contributed by atoms with E-state index >= 15 is 0 Å². The Hall–Kier alpha value is 0.230. The van der Waals surface area contributed by atoms with Gasteiger partial charge in [-0.2, -0.15) is 11.8 Å². The number of aliphatic hydroxyl groups is 1. The van der Waals surface area contributed by atoms with Gasteiger partial charge in [0.2, 0.25) is 0 Å². The lowest BCUT2D eigenvalue weighted by Crippen LogP contribution is -2.33. The van der Waals surface area contributed by atoms with Crippen LogP contribution < -0.4 is 5.73 Å². The lowest BCUT2D eigenvalue weighted by molar-refractivity contribution is 0.0577. The van der Waals surface area contributed by atoms with Gasteiger partial charge in [0.1, 0.15) is 0 Å². The van der Waals surface area contributed by atoms with Crippen molar-refractivity contribution < 1.29 is 9.84 Å². The number of ether oxygens (including phenoxy) is 1. The topological polar surface area (TPSA) is 55.5 Å². The van der Waals surface area contributed by atoms with Crippen LogP contribution in [0.25, 0.3) is 0 Å². The van der Waals surface area contributed by atoms with Crippen molar-refractivity contribution in [3.05, 3.63) is 0 Å². The lowest BCUT2D eigenvalue weighted by Gasteiger charge is -2.22. The van der Waals surface area contributed by atoms with Crippen molar-refractivity contribution in [1.29, 1.82) is 0 Å². The second kappa shape index (κ2) is 7.54. The molecule has 0 aromatic rings. The molecule has 1 saturated heterocycles. The second-order valence-electron chi connectivity index (χ2n) is 4.84. The van der Waals surface area contributed by atoms with Crippen LogP contribution in [-0.2, 0) is 4.74 Å². The van der Waals surface area contributed by atoms with Crippen molar-refractivity contribution in [2.45, 2.75) is 49.9 Å². The second-order valence-corrected chi connectivity index (χ2v) is 6.25. The van der Waals surface area contributed by atoms with Crippen molar-refractivity contribution in [3.8, 4) is 0 Å². The van der Waals surface area contributed by atoms with E-state index in [1.807, 2.05) is 6.92 Å². The summed E-state index contributed by atoms with van der Waals surface area (Å²) in [6.07, 6.45) is 5.47. The number of unbranched alkanes of at least 4 members (excludes halogenated alkanes) is 1. The van der Waals surface area contributed by atoms with Gasteiger partial charge in [0.15, 0.2) is 0 Å². The Bertz CT molecular complexity index is 182. The van der Waals surface area contributed by atoms with Gasteiger partial charge in [0.25, 0.3) is 0 Å². The Kier molecular flexibility index (Phi) is 6.73. The number of hydrogen-bond acceptors (Lipinski definition) is 4. The molecule has 0 aromatic heterocycles. The zero-order valence-electron chi connectivity index (χ0n) is 10.3. The molecule has 1 unspecified atom stereocenters. The van der Waals surface area contributed by atoms with Crippen molar-refractivity contribution in [1.82, 2.24) is 0 Å². The van der Waals surface area contributed by atoms with Crippen LogP contribution in [0.4, 0.5) is 0 Å². The third-order valence-electron chi connectivity index (χ3n) is 3.07. The predicted molar refractivity (Wildman–Crippen MR) is 69.8 cm³/mol. The summed E-state index contributed by atoms with van der Waals surface area (Å²) >= 11 is 2.06. The summed E-state index contributed by atoms with van der Waals surface area (Å²) in [5.41, 5.74) is 4.81. The monoisotopic (exact) mass is 247 g/mol. The highest BCUT2D eigenvalue weighted by Crippen LogP contribution is 2.23. The largest absolute Gasteiger partial charge is 0.389 e. The third kappa shape index (κ3) is 6.09. The van der Waals surface area contributed by atoms with E-state index in [2.05, 4.69) is 11.8 Å². The van der Waals surface area contributed by atoms with Gasteiger partial charge in [0, 0.05) is 25.0 Å². The van der Waals surface area contributed by atoms with E-state index in [9.17, 15) is 5.11 Å². The zero-order valence-corrected chi connectivity index (χ0v) is 11.1. The number of nitrogens with two attached hydrogens (primary N) is 1. The fourth-order valence-electron chi connectivity index (χ4n) is 1.80. The molecule has 3 nitrogen and oxygen atoms in total. The molecule has 1 atom stereocenters. The fourth-order valence-corrected chi connectivity index (χ4v) is 3.03. The molecule has 0 bridgehead atoms. The third-order valence-corrected chi connectivity index (χ3v) is 4.54. The molecule has 3 N–H and O–H groups in total. The van der Waals surface area contributed by atoms with Crippen LogP contribution in [0.3, 0.4) is 0 Å². The van der Waals surface area contributed by atoms with Crippen LogP contribution in [0.5, 0.6) is 0 Å². The molecule has 0 amide bonds. The first-order valence-electron chi connectivity index (χ1n) is 6.26. The van der Waals surface area contributed by atoms with E-state index < -0.39 is 5.60 Å². The van der Waals surface area contributed by atoms with Gasteiger partial charge in [-0.15, -0.1) is 0 Å². The normalized spacial score (nSPS) is 21.9. The fraction of sp³-hybridized carbons (Fsp3) is 1.00. The average molecular weight is 247 g/mol. The Morgan fingerprint density at radius 3 is 2.69 bits per heavy atom. The van der Waals surface area contributed by atoms with Crippen LogP contribution in [0.2, 0.25) is 0 Å². The maximum atomic E-state index is 9.72. The summed E-state index contributed by atoms with van der Waals surface area (Å²) in [6.45, 7) is 4.04. The average Bonchev–Trinajstić information content (AvgIpc) is 2.30. The van der Waals surface area contributed by atoms with E-state index in [1.54, 1.807) is 0 Å². The molecule has 0 saturated carbocycles. The van der Waals surface area contributed by atoms with Gasteiger partial charge in [-0.3, -0.25) is 0 Å². The Morgan fingerprint density at radius 2 is 2.06 bits per heavy atom. The molecular formula is C12H25NO2S. The highest BCUT2D eigenvalue weighted by atomic mass is 32.2. The SMILES string of the molecule is CC(O)(CN)CCCCSC1CCOCC1. The molecule has 0 spiro atoms. The van der Waals surface area contributed by atoms with E-state index in [-0.39, 0.29) is 0 Å². The van der Waals surface area contributed by atoms with Gasteiger partial charge in [-0.1, -0.05) is 0 Å². The minimum Gasteiger partial charge on any atom is -0.389 e. The van der Waals surface area contributed by atoms with Crippen molar-refractivity contribution in [2.75, 3.05) is 25.5 Å². The predicted octanol–water partition coefficient (Wildman–Crippen LogP) is 1.78. The Morgan fingerprint density at radius 1 is 1.38 bits per heavy atom. The number of thioether (sulfide) groups is 1. The number of rotatable bonds is 7. The minimum absolute atomic E-state index is 0.361. The molecule has 1 heterocycles. The zero-order chi connectivity index (χ0) is 11.9. The quantitative estimate of drug-likeness (QED) is 0.673. The van der Waals surface area contributed by atoms with Crippen molar-refractivity contribution in [3.63, 3.8) is 0 Å². The molecule has 4 heteroatoms. The molecule has 1 aliphatic rings. The standard InChI is InChI=1S/C12H25NO2S/c1-12(14,10-13)6-2-3-9-16-11-4-7-15-8-5-11/h11,14H,2-10,13H2,1H3. The smallest absolute Gasteiger partial charge is 0.0741 e. The first kappa shape index (κ1) is 14.3. The molecular weight excluding hydrogens is 222 g/mol. The van der Waals surface area contributed by atoms with E-state index in [0.717, 1.165) is 31.3 Å². The van der Waals surface area contributed by atoms with E-state index in [0.29, 0.717) is 6.54 Å². The first-order valence-corrected chi connectivity index (χ1v) is 7.31. The van der Waals surface area contributed by atoms with E-state index in [4.69, 9.17) is 10.5 Å². The highest BCUT2D eigenvalue weighted by molar-refractivity contribution is 7.99. The summed E-state index contributed by atoms with van der Waals surface area (Å²) in [5.74, 6) is 1.20. The van der Waals surface area contributed by atoms with Gasteiger partial charge in [-0.25, -0.2) is 0 Å². The van der Waals surface area contributed by atoms with Crippen LogP contribution in [0.15, 0.2) is 0 Å². The summed E-state index contributed by atoms with van der Waals surface area (Å²) < 4.78 is 5.33. The summed E-state index contributed by atoms with van der Waals surface area (Å²) in [4.78, 5) is 0. The van der Waals surface area contributed by atoms with Crippen LogP contribution in [0.1, 0.15) is 39.0 Å². The Balaban J connectivity index is 1.95. The lowest BCUT2D eigenvalue weighted by atomic mass is 10.00. The van der Waals surface area contributed by atoms with Gasteiger partial charge in [-0.05, 0) is 44.8 Å². The summed E-state index contributed by atoms with van der Waals surface area (Å²) in [7, 11) is 0. The molecule has 0 radical (unpaired) electrons. The molecule has 1 rings (SSSR count). The van der Waals surface area contributed by atoms with Crippen LogP contribution in [-0.4, -0.2) is 41.5 Å². The molecule has 16 heavy (non-hydrogen) atoms. The van der Waals surface area contributed by atoms with Crippen LogP contribution in [0, 0.1) is 0 Å². The minimum atomic E-state index is -0.663. The highest BCUT2D eigenvalue weighted by Gasteiger charge is 2.17. The van der Waals surface area contributed by atoms with Gasteiger partial charge in [0.05, 0.1) is 5.60 Å². The maximum Gasteiger partial charge on any atom is 0.0741 e. The maximum absolute atomic E-state index is 9.72. The van der Waals surface area contributed by atoms with Crippen molar-refractivity contribution >= 4 is 11.8 Å². The molecule has 0 aromatic carbocycles. The number of hydrogen-bond donors (Lipinski definition) is 2. The van der Waals surface area contributed by atoms with Crippen LogP contribution >= 0.6 is 11.8 Å². The van der Waals surface area contributed by atoms with E-state index in [1.165, 1.54) is 25.0 Å². The summed E-state index contributed by atoms with van der Waals surface area (Å²) in [5, 5.41) is 10.5. The summed E-state index contributed by atoms with van der Waals surface area (Å²) in [6, 6.07) is 0. The molecule has 0 aliphatic carbocycles. The van der Waals surface area contributed by atoms with Gasteiger partial charge >= 0.3 is 0 Å².